The van der Waals surface area contributed by atoms with Crippen LogP contribution in [0.15, 0.2) is 18.5 Å². The molecule has 4 heteroatoms. The van der Waals surface area contributed by atoms with Crippen molar-refractivity contribution in [1.29, 1.82) is 0 Å². The third kappa shape index (κ3) is 0.752. The number of hydrogen-bond donors (Lipinski definition) is 1. The molecule has 0 saturated heterocycles. The number of rotatable bonds is 0. The van der Waals surface area contributed by atoms with Crippen molar-refractivity contribution in [3.63, 3.8) is 0 Å². The van der Waals surface area contributed by atoms with Crippen LogP contribution >= 0.6 is 11.6 Å². The molecule has 0 aliphatic heterocycles. The molecule has 0 spiro atoms. The van der Waals surface area contributed by atoms with Crippen molar-refractivity contribution in [2.24, 2.45) is 0 Å². The monoisotopic (exact) mass is 153 g/mol. The first-order chi connectivity index (χ1) is 4.86. The highest BCUT2D eigenvalue weighted by Crippen LogP contribution is 2.12. The summed E-state index contributed by atoms with van der Waals surface area (Å²) in [5.41, 5.74) is 0.837. The molecular formula is C6H4ClN3. The Balaban J connectivity index is 2.86. The number of aromatic amines is 1. The fourth-order valence-electron chi connectivity index (χ4n) is 0.817. The van der Waals surface area contributed by atoms with Gasteiger partial charge in [0, 0.05) is 11.6 Å². The van der Waals surface area contributed by atoms with E-state index in [2.05, 4.69) is 15.2 Å². The first-order valence-electron chi connectivity index (χ1n) is 2.81. The average Bonchev–Trinajstić information content (AvgIpc) is 2.33. The van der Waals surface area contributed by atoms with Crippen molar-refractivity contribution in [2.75, 3.05) is 0 Å². The van der Waals surface area contributed by atoms with Gasteiger partial charge < -0.3 is 0 Å². The molecule has 50 valence electrons. The Kier molecular flexibility index (Phi) is 1.11. The highest BCUT2D eigenvalue weighted by Gasteiger charge is 1.95. The number of H-pyrrole nitrogens is 1. The average molecular weight is 154 g/mol. The third-order valence-electron chi connectivity index (χ3n) is 1.29. The first-order valence-corrected chi connectivity index (χ1v) is 3.19. The molecule has 2 aromatic heterocycles. The van der Waals surface area contributed by atoms with Crippen LogP contribution < -0.4 is 0 Å². The zero-order valence-corrected chi connectivity index (χ0v) is 5.76. The standard InChI is InChI=1S/C6H4ClN3/c7-6-1-4-2-9-10-5(4)3-8-6/h1-3H,(H,9,10). The molecule has 3 nitrogen and oxygen atoms in total. The predicted molar refractivity (Wildman–Crippen MR) is 38.9 cm³/mol. The number of nitrogens with one attached hydrogen (secondary N) is 1. The lowest BCUT2D eigenvalue weighted by Gasteiger charge is -1.85. The van der Waals surface area contributed by atoms with Gasteiger partial charge in [0.05, 0.1) is 6.20 Å². The Morgan fingerprint density at radius 1 is 1.50 bits per heavy atom. The molecule has 1 N–H and O–H groups in total. The molecule has 0 aromatic carbocycles. The smallest absolute Gasteiger partial charge is 0.129 e. The van der Waals surface area contributed by atoms with Crippen molar-refractivity contribution in [2.45, 2.75) is 0 Å². The summed E-state index contributed by atoms with van der Waals surface area (Å²) in [7, 11) is 0. The molecule has 2 rings (SSSR count). The lowest BCUT2D eigenvalue weighted by molar-refractivity contribution is 1.11. The predicted octanol–water partition coefficient (Wildman–Crippen LogP) is 1.61. The maximum Gasteiger partial charge on any atom is 0.129 e. The van der Waals surface area contributed by atoms with Gasteiger partial charge in [0.2, 0.25) is 0 Å². The zero-order chi connectivity index (χ0) is 6.97. The second-order valence-corrected chi connectivity index (χ2v) is 2.34. The normalized spacial score (nSPS) is 10.5. The van der Waals surface area contributed by atoms with Gasteiger partial charge in [-0.25, -0.2) is 4.98 Å². The van der Waals surface area contributed by atoms with Crippen molar-refractivity contribution in [3.8, 4) is 0 Å². The van der Waals surface area contributed by atoms with Crippen LogP contribution in [0.1, 0.15) is 0 Å². The van der Waals surface area contributed by atoms with Gasteiger partial charge in [-0.15, -0.1) is 0 Å². The van der Waals surface area contributed by atoms with Crippen LogP contribution in [0, 0.1) is 0 Å². The Hall–Kier alpha value is -1.09. The summed E-state index contributed by atoms with van der Waals surface area (Å²) in [4.78, 5) is 3.86. The van der Waals surface area contributed by atoms with Crippen LogP contribution in [-0.2, 0) is 0 Å². The Labute approximate surface area is 62.0 Å². The van der Waals surface area contributed by atoms with Crippen molar-refractivity contribution < 1.29 is 0 Å². The van der Waals surface area contributed by atoms with Crippen molar-refractivity contribution in [1.82, 2.24) is 15.2 Å². The summed E-state index contributed by atoms with van der Waals surface area (Å²) < 4.78 is 0. The van der Waals surface area contributed by atoms with E-state index in [-0.39, 0.29) is 0 Å². The molecule has 0 aliphatic rings. The summed E-state index contributed by atoms with van der Waals surface area (Å²) in [5.74, 6) is 0. The molecular weight excluding hydrogens is 150 g/mol. The van der Waals surface area contributed by atoms with Crippen LogP contribution in [0.4, 0.5) is 0 Å². The molecule has 0 atom stereocenters. The van der Waals surface area contributed by atoms with Gasteiger partial charge >= 0.3 is 0 Å². The first kappa shape index (κ1) is 5.68. The van der Waals surface area contributed by atoms with Gasteiger partial charge in [-0.2, -0.15) is 5.10 Å². The molecule has 0 aliphatic carbocycles. The van der Waals surface area contributed by atoms with E-state index < -0.39 is 0 Å². The summed E-state index contributed by atoms with van der Waals surface area (Å²) >= 11 is 5.62. The van der Waals surface area contributed by atoms with Gasteiger partial charge in [-0.1, -0.05) is 11.6 Å². The summed E-state index contributed by atoms with van der Waals surface area (Å²) in [6.45, 7) is 0. The molecule has 0 amide bonds. The summed E-state index contributed by atoms with van der Waals surface area (Å²) in [6, 6.07) is 1.76. The topological polar surface area (TPSA) is 41.6 Å². The SMILES string of the molecule is Clc1cc2c[nH]nc2cn1. The number of aromatic nitrogens is 3. The van der Waals surface area contributed by atoms with E-state index in [4.69, 9.17) is 11.6 Å². The lowest BCUT2D eigenvalue weighted by Crippen LogP contribution is -1.73. The van der Waals surface area contributed by atoms with Crippen LogP contribution in [0.2, 0.25) is 5.15 Å². The maximum atomic E-state index is 5.62. The van der Waals surface area contributed by atoms with Gasteiger partial charge in [-0.05, 0) is 6.07 Å². The quantitative estimate of drug-likeness (QED) is 0.585. The molecule has 0 bridgehead atoms. The Morgan fingerprint density at radius 3 is 3.30 bits per heavy atom. The molecule has 0 fully saturated rings. The van der Waals surface area contributed by atoms with E-state index in [0.29, 0.717) is 5.15 Å². The van der Waals surface area contributed by atoms with Gasteiger partial charge in [-0.3, -0.25) is 5.10 Å². The zero-order valence-electron chi connectivity index (χ0n) is 5.00. The second kappa shape index (κ2) is 1.95. The van der Waals surface area contributed by atoms with Gasteiger partial charge in [0.1, 0.15) is 10.7 Å². The van der Waals surface area contributed by atoms with Crippen molar-refractivity contribution >= 4 is 22.5 Å². The van der Waals surface area contributed by atoms with Gasteiger partial charge in [0.15, 0.2) is 0 Å². The van der Waals surface area contributed by atoms with Crippen LogP contribution in [-0.4, -0.2) is 15.2 Å². The number of nitrogens with zero attached hydrogens (tertiary/aromatic N) is 2. The molecule has 0 saturated carbocycles. The highest BCUT2D eigenvalue weighted by atomic mass is 35.5. The third-order valence-corrected chi connectivity index (χ3v) is 1.49. The fraction of sp³-hybridized carbons (Fsp3) is 0. The number of halogens is 1. The Morgan fingerprint density at radius 2 is 2.40 bits per heavy atom. The van der Waals surface area contributed by atoms with Crippen molar-refractivity contribution in [3.05, 3.63) is 23.6 Å². The van der Waals surface area contributed by atoms with E-state index in [0.717, 1.165) is 10.9 Å². The largest absolute Gasteiger partial charge is 0.284 e. The minimum atomic E-state index is 0.494. The molecule has 0 radical (unpaired) electrons. The number of hydrogen-bond acceptors (Lipinski definition) is 2. The maximum absolute atomic E-state index is 5.62. The fourth-order valence-corrected chi connectivity index (χ4v) is 0.984. The van der Waals surface area contributed by atoms with Crippen LogP contribution in [0.3, 0.4) is 0 Å². The van der Waals surface area contributed by atoms with Gasteiger partial charge in [0.25, 0.3) is 0 Å². The van der Waals surface area contributed by atoms with E-state index in [1.54, 1.807) is 18.5 Å². The number of pyridine rings is 1. The van der Waals surface area contributed by atoms with E-state index >= 15 is 0 Å². The summed E-state index contributed by atoms with van der Waals surface area (Å²) in [6.07, 6.45) is 3.41. The lowest BCUT2D eigenvalue weighted by atomic mass is 10.3. The van der Waals surface area contributed by atoms with Crippen LogP contribution in [0.25, 0.3) is 10.9 Å². The number of fused-ring (bicyclic) bond motifs is 1. The Bertz CT molecular complexity index is 355. The van der Waals surface area contributed by atoms with E-state index in [1.807, 2.05) is 0 Å². The van der Waals surface area contributed by atoms with E-state index in [1.165, 1.54) is 0 Å². The molecule has 0 unspecified atom stereocenters. The highest BCUT2D eigenvalue weighted by molar-refractivity contribution is 6.30. The van der Waals surface area contributed by atoms with E-state index in [9.17, 15) is 0 Å². The minimum absolute atomic E-state index is 0.494. The second-order valence-electron chi connectivity index (χ2n) is 1.95. The molecule has 2 heterocycles. The molecule has 2 aromatic rings. The molecule has 10 heavy (non-hydrogen) atoms. The van der Waals surface area contributed by atoms with Crippen LogP contribution in [0.5, 0.6) is 0 Å². The summed E-state index contributed by atoms with van der Waals surface area (Å²) in [5, 5.41) is 8.11. The minimum Gasteiger partial charge on any atom is -0.284 e.